The third-order valence-electron chi connectivity index (χ3n) is 3.90. The van der Waals surface area contributed by atoms with E-state index in [0.717, 1.165) is 19.5 Å². The molecule has 18 heavy (non-hydrogen) atoms. The van der Waals surface area contributed by atoms with E-state index < -0.39 is 9.84 Å². The highest BCUT2D eigenvalue weighted by Gasteiger charge is 2.24. The molecule has 0 amide bonds. The zero-order valence-corrected chi connectivity index (χ0v) is 12.9. The van der Waals surface area contributed by atoms with Gasteiger partial charge in [0.25, 0.3) is 0 Å². The maximum absolute atomic E-state index is 11.5. The largest absolute Gasteiger partial charge is 0.316 e. The third kappa shape index (κ3) is 5.67. The van der Waals surface area contributed by atoms with E-state index in [9.17, 15) is 8.42 Å². The molecule has 5 heteroatoms. The zero-order chi connectivity index (χ0) is 13.8. The van der Waals surface area contributed by atoms with Crippen molar-refractivity contribution in [2.24, 2.45) is 11.3 Å². The molecule has 0 bridgehead atoms. The SMILES string of the molecule is CC(CNCCC1CS(=O)(=O)CCN1)C(C)(C)C. The first-order chi connectivity index (χ1) is 8.21. The lowest BCUT2D eigenvalue weighted by molar-refractivity contribution is 0.252. The van der Waals surface area contributed by atoms with Gasteiger partial charge in [-0.15, -0.1) is 0 Å². The van der Waals surface area contributed by atoms with Crippen LogP contribution in [0.2, 0.25) is 0 Å². The number of hydrogen-bond acceptors (Lipinski definition) is 4. The van der Waals surface area contributed by atoms with Crippen LogP contribution in [0.1, 0.15) is 34.1 Å². The predicted octanol–water partition coefficient (Wildman–Crippen LogP) is 1.03. The molecule has 0 aliphatic carbocycles. The molecule has 0 aromatic rings. The monoisotopic (exact) mass is 276 g/mol. The summed E-state index contributed by atoms with van der Waals surface area (Å²) in [5.41, 5.74) is 0.319. The molecule has 1 heterocycles. The summed E-state index contributed by atoms with van der Waals surface area (Å²) in [4.78, 5) is 0. The normalized spacial score (nSPS) is 25.9. The van der Waals surface area contributed by atoms with Gasteiger partial charge in [0.2, 0.25) is 0 Å². The Labute approximate surface area is 112 Å². The van der Waals surface area contributed by atoms with Crippen LogP contribution in [0, 0.1) is 11.3 Å². The van der Waals surface area contributed by atoms with E-state index in [2.05, 4.69) is 38.3 Å². The molecule has 0 radical (unpaired) electrons. The predicted molar refractivity (Wildman–Crippen MR) is 76.6 cm³/mol. The van der Waals surface area contributed by atoms with Gasteiger partial charge in [-0.05, 0) is 30.8 Å². The van der Waals surface area contributed by atoms with Crippen LogP contribution >= 0.6 is 0 Å². The zero-order valence-electron chi connectivity index (χ0n) is 12.1. The van der Waals surface area contributed by atoms with Crippen molar-refractivity contribution in [3.05, 3.63) is 0 Å². The molecule has 0 saturated carbocycles. The van der Waals surface area contributed by atoms with Crippen LogP contribution in [0.5, 0.6) is 0 Å². The molecule has 2 unspecified atom stereocenters. The van der Waals surface area contributed by atoms with Crippen molar-refractivity contribution in [2.45, 2.75) is 40.2 Å². The highest BCUT2D eigenvalue weighted by atomic mass is 32.2. The second-order valence-electron chi connectivity index (χ2n) is 6.53. The standard InChI is InChI=1S/C13H28N2O2S/c1-11(13(2,3)4)9-14-6-5-12-10-18(16,17)8-7-15-12/h11-12,14-15H,5-10H2,1-4H3. The average molecular weight is 276 g/mol. The first kappa shape index (κ1) is 15.9. The number of sulfone groups is 1. The highest BCUT2D eigenvalue weighted by Crippen LogP contribution is 2.24. The molecule has 2 atom stereocenters. The molecule has 2 N–H and O–H groups in total. The smallest absolute Gasteiger partial charge is 0.153 e. The topological polar surface area (TPSA) is 58.2 Å². The van der Waals surface area contributed by atoms with Gasteiger partial charge in [0, 0.05) is 12.6 Å². The summed E-state index contributed by atoms with van der Waals surface area (Å²) in [7, 11) is -2.80. The van der Waals surface area contributed by atoms with Crippen LogP contribution in [0.4, 0.5) is 0 Å². The summed E-state index contributed by atoms with van der Waals surface area (Å²) in [5.74, 6) is 1.20. The summed E-state index contributed by atoms with van der Waals surface area (Å²) in [5, 5.41) is 6.71. The Morgan fingerprint density at radius 2 is 2.06 bits per heavy atom. The fourth-order valence-corrected chi connectivity index (χ4v) is 3.45. The van der Waals surface area contributed by atoms with E-state index in [-0.39, 0.29) is 11.8 Å². The molecular formula is C13H28N2O2S. The van der Waals surface area contributed by atoms with Crippen LogP contribution in [-0.2, 0) is 9.84 Å². The van der Waals surface area contributed by atoms with Gasteiger partial charge in [0.15, 0.2) is 9.84 Å². The average Bonchev–Trinajstić information content (AvgIpc) is 2.21. The van der Waals surface area contributed by atoms with Gasteiger partial charge in [0.05, 0.1) is 11.5 Å². The van der Waals surface area contributed by atoms with E-state index in [1.165, 1.54) is 0 Å². The molecule has 1 aliphatic heterocycles. The summed E-state index contributed by atoms with van der Waals surface area (Å²) in [6.07, 6.45) is 0.885. The van der Waals surface area contributed by atoms with Crippen molar-refractivity contribution < 1.29 is 8.42 Å². The number of nitrogens with one attached hydrogen (secondary N) is 2. The van der Waals surface area contributed by atoms with Gasteiger partial charge in [-0.1, -0.05) is 27.7 Å². The Morgan fingerprint density at radius 1 is 1.39 bits per heavy atom. The quantitative estimate of drug-likeness (QED) is 0.737. The fourth-order valence-electron chi connectivity index (χ4n) is 1.95. The van der Waals surface area contributed by atoms with E-state index in [1.807, 2.05) is 0 Å². The fraction of sp³-hybridized carbons (Fsp3) is 1.00. The van der Waals surface area contributed by atoms with Gasteiger partial charge in [-0.25, -0.2) is 8.42 Å². The highest BCUT2D eigenvalue weighted by molar-refractivity contribution is 7.91. The Bertz CT molecular complexity index is 346. The minimum atomic E-state index is -2.80. The van der Waals surface area contributed by atoms with Crippen molar-refractivity contribution in [1.29, 1.82) is 0 Å². The van der Waals surface area contributed by atoms with Gasteiger partial charge in [-0.2, -0.15) is 0 Å². The van der Waals surface area contributed by atoms with E-state index >= 15 is 0 Å². The minimum absolute atomic E-state index is 0.126. The van der Waals surface area contributed by atoms with Gasteiger partial charge >= 0.3 is 0 Å². The van der Waals surface area contributed by atoms with Crippen LogP contribution in [0.15, 0.2) is 0 Å². The first-order valence-electron chi connectivity index (χ1n) is 6.85. The molecule has 1 rings (SSSR count). The Hall–Kier alpha value is -0.130. The molecule has 0 spiro atoms. The second-order valence-corrected chi connectivity index (χ2v) is 8.75. The molecule has 1 saturated heterocycles. The molecule has 0 aromatic carbocycles. The molecule has 4 nitrogen and oxygen atoms in total. The van der Waals surface area contributed by atoms with E-state index in [4.69, 9.17) is 0 Å². The summed E-state index contributed by atoms with van der Waals surface area (Å²) >= 11 is 0. The Kier molecular flexibility index (Phi) is 5.62. The van der Waals surface area contributed by atoms with Crippen molar-refractivity contribution in [2.75, 3.05) is 31.1 Å². The molecule has 1 fully saturated rings. The van der Waals surface area contributed by atoms with Gasteiger partial charge < -0.3 is 10.6 Å². The molecule has 0 aromatic heterocycles. The summed E-state index contributed by atoms with van der Waals surface area (Å²) in [6, 6.07) is 0.126. The lowest BCUT2D eigenvalue weighted by Gasteiger charge is -2.28. The number of hydrogen-bond donors (Lipinski definition) is 2. The second kappa shape index (κ2) is 6.35. The molecular weight excluding hydrogens is 248 g/mol. The molecule has 1 aliphatic rings. The maximum atomic E-state index is 11.5. The lowest BCUT2D eigenvalue weighted by Crippen LogP contribution is -2.46. The first-order valence-corrected chi connectivity index (χ1v) is 8.67. The van der Waals surface area contributed by atoms with Crippen molar-refractivity contribution in [3.8, 4) is 0 Å². The van der Waals surface area contributed by atoms with E-state index in [0.29, 0.717) is 23.6 Å². The summed E-state index contributed by atoms with van der Waals surface area (Å²) < 4.78 is 22.9. The van der Waals surface area contributed by atoms with Crippen molar-refractivity contribution in [3.63, 3.8) is 0 Å². The van der Waals surface area contributed by atoms with Crippen molar-refractivity contribution >= 4 is 9.84 Å². The van der Waals surface area contributed by atoms with Crippen LogP contribution in [-0.4, -0.2) is 45.6 Å². The van der Waals surface area contributed by atoms with Crippen LogP contribution < -0.4 is 10.6 Å². The van der Waals surface area contributed by atoms with Crippen molar-refractivity contribution in [1.82, 2.24) is 10.6 Å². The minimum Gasteiger partial charge on any atom is -0.316 e. The third-order valence-corrected chi connectivity index (χ3v) is 5.64. The Balaban J connectivity index is 2.19. The lowest BCUT2D eigenvalue weighted by atomic mass is 9.82. The van der Waals surface area contributed by atoms with Gasteiger partial charge in [-0.3, -0.25) is 0 Å². The number of rotatable bonds is 5. The van der Waals surface area contributed by atoms with Gasteiger partial charge in [0.1, 0.15) is 0 Å². The van der Waals surface area contributed by atoms with E-state index in [1.54, 1.807) is 0 Å². The summed E-state index contributed by atoms with van der Waals surface area (Å²) in [6.45, 7) is 11.5. The van der Waals surface area contributed by atoms with Crippen LogP contribution in [0.25, 0.3) is 0 Å². The van der Waals surface area contributed by atoms with Crippen LogP contribution in [0.3, 0.4) is 0 Å². The molecule has 108 valence electrons. The maximum Gasteiger partial charge on any atom is 0.153 e. The Morgan fingerprint density at radius 3 is 2.61 bits per heavy atom.